The minimum Gasteiger partial charge on any atom is -0.358 e. The quantitative estimate of drug-likeness (QED) is 0.812. The number of fused-ring (bicyclic) bond motifs is 1. The molecule has 25 heavy (non-hydrogen) atoms. The highest BCUT2D eigenvalue weighted by atomic mass is 32.1. The summed E-state index contributed by atoms with van der Waals surface area (Å²) in [6.45, 7) is 14.0. The molecule has 136 valence electrons. The number of thiocarbonyl (C=S) groups is 1. The molecule has 0 aliphatic carbocycles. The van der Waals surface area contributed by atoms with Crippen LogP contribution in [0.3, 0.4) is 0 Å². The first kappa shape index (κ1) is 19.4. The highest BCUT2D eigenvalue weighted by Crippen LogP contribution is 2.18. The fourth-order valence-electron chi connectivity index (χ4n) is 2.69. The number of pyridine rings is 1. The maximum atomic E-state index is 12.5. The summed E-state index contributed by atoms with van der Waals surface area (Å²) in [6, 6.07) is 9.78. The van der Waals surface area contributed by atoms with Crippen molar-refractivity contribution in [1.29, 1.82) is 0 Å². The van der Waals surface area contributed by atoms with Gasteiger partial charge in [0.05, 0.1) is 6.54 Å². The maximum absolute atomic E-state index is 12.5. The molecular weight excluding hydrogens is 330 g/mol. The second-order valence-electron chi connectivity index (χ2n) is 8.81. The van der Waals surface area contributed by atoms with Crippen LogP contribution in [-0.4, -0.2) is 27.1 Å². The molecule has 0 unspecified atom stereocenters. The van der Waals surface area contributed by atoms with Crippen LogP contribution in [0.5, 0.6) is 0 Å². The number of aromatic amines is 1. The molecule has 4 nitrogen and oxygen atoms in total. The summed E-state index contributed by atoms with van der Waals surface area (Å²) in [5.41, 5.74) is 1.46. The summed E-state index contributed by atoms with van der Waals surface area (Å²) in [5.74, 6) is 0. The van der Waals surface area contributed by atoms with Gasteiger partial charge >= 0.3 is 0 Å². The monoisotopic (exact) mass is 359 g/mol. The van der Waals surface area contributed by atoms with E-state index in [9.17, 15) is 4.79 Å². The molecule has 0 bridgehead atoms. The average Bonchev–Trinajstić information content (AvgIpc) is 2.44. The van der Waals surface area contributed by atoms with Crippen molar-refractivity contribution in [3.8, 4) is 0 Å². The number of benzene rings is 1. The zero-order valence-corrected chi connectivity index (χ0v) is 16.9. The van der Waals surface area contributed by atoms with Gasteiger partial charge in [-0.3, -0.25) is 4.79 Å². The van der Waals surface area contributed by atoms with Gasteiger partial charge in [0, 0.05) is 23.2 Å². The normalized spacial score (nSPS) is 12.2. The minimum atomic E-state index is -0.122. The van der Waals surface area contributed by atoms with E-state index < -0.39 is 0 Å². The molecule has 0 atom stereocenters. The van der Waals surface area contributed by atoms with Crippen LogP contribution in [0, 0.1) is 5.41 Å². The Morgan fingerprint density at radius 1 is 1.16 bits per heavy atom. The summed E-state index contributed by atoms with van der Waals surface area (Å²) in [6.07, 6.45) is 0. The van der Waals surface area contributed by atoms with E-state index in [0.717, 1.165) is 23.0 Å². The molecule has 0 aliphatic rings. The zero-order chi connectivity index (χ0) is 18.8. The molecule has 2 aromatic rings. The molecule has 0 radical (unpaired) electrons. The Bertz CT molecular complexity index is 812. The van der Waals surface area contributed by atoms with Crippen LogP contribution in [0.2, 0.25) is 0 Å². The van der Waals surface area contributed by atoms with Gasteiger partial charge in [-0.1, -0.05) is 39.0 Å². The third-order valence-corrected chi connectivity index (χ3v) is 3.99. The molecule has 0 amide bonds. The Labute approximate surface area is 155 Å². The molecule has 1 aromatic heterocycles. The molecule has 0 saturated carbocycles. The van der Waals surface area contributed by atoms with Gasteiger partial charge in [0.25, 0.3) is 5.56 Å². The first-order chi connectivity index (χ1) is 11.4. The summed E-state index contributed by atoms with van der Waals surface area (Å²) < 4.78 is 0. The van der Waals surface area contributed by atoms with E-state index >= 15 is 0 Å². The molecule has 2 rings (SSSR count). The molecule has 0 spiro atoms. The van der Waals surface area contributed by atoms with E-state index in [0.29, 0.717) is 11.7 Å². The highest BCUT2D eigenvalue weighted by molar-refractivity contribution is 7.80. The number of hydrogen-bond acceptors (Lipinski definition) is 2. The second kappa shape index (κ2) is 7.16. The van der Waals surface area contributed by atoms with Crippen molar-refractivity contribution < 1.29 is 0 Å². The lowest BCUT2D eigenvalue weighted by Crippen LogP contribution is -2.50. The third kappa shape index (κ3) is 5.85. The number of H-pyrrole nitrogens is 1. The number of aromatic nitrogens is 1. The first-order valence-electron chi connectivity index (χ1n) is 8.63. The van der Waals surface area contributed by atoms with Gasteiger partial charge in [-0.05, 0) is 55.9 Å². The molecule has 0 fully saturated rings. The van der Waals surface area contributed by atoms with Crippen molar-refractivity contribution in [2.24, 2.45) is 5.41 Å². The Morgan fingerprint density at radius 2 is 1.80 bits per heavy atom. The van der Waals surface area contributed by atoms with Gasteiger partial charge < -0.3 is 15.2 Å². The molecular formula is C20H29N3OS. The Hall–Kier alpha value is -1.88. The van der Waals surface area contributed by atoms with Gasteiger partial charge in [0.2, 0.25) is 0 Å². The van der Waals surface area contributed by atoms with Crippen LogP contribution in [0.1, 0.15) is 47.1 Å². The van der Waals surface area contributed by atoms with Crippen LogP contribution in [0.15, 0.2) is 35.1 Å². The van der Waals surface area contributed by atoms with Gasteiger partial charge in [0.1, 0.15) is 0 Å². The van der Waals surface area contributed by atoms with Crippen molar-refractivity contribution in [2.75, 3.05) is 6.54 Å². The number of rotatable bonds is 3. The second-order valence-corrected chi connectivity index (χ2v) is 9.19. The van der Waals surface area contributed by atoms with E-state index in [1.54, 1.807) is 0 Å². The smallest absolute Gasteiger partial charge is 0.253 e. The number of hydrogen-bond donors (Lipinski definition) is 2. The van der Waals surface area contributed by atoms with Crippen LogP contribution < -0.4 is 10.9 Å². The van der Waals surface area contributed by atoms with Crippen molar-refractivity contribution in [3.05, 3.63) is 46.2 Å². The minimum absolute atomic E-state index is 0.0591. The van der Waals surface area contributed by atoms with Gasteiger partial charge in [0.15, 0.2) is 5.11 Å². The predicted molar refractivity (Wildman–Crippen MR) is 110 cm³/mol. The summed E-state index contributed by atoms with van der Waals surface area (Å²) in [4.78, 5) is 17.5. The number of nitrogens with one attached hydrogen (secondary N) is 2. The van der Waals surface area contributed by atoms with Crippen LogP contribution in [0.25, 0.3) is 10.9 Å². The lowest BCUT2D eigenvalue weighted by atomic mass is 9.96. The van der Waals surface area contributed by atoms with E-state index in [1.807, 2.05) is 30.3 Å². The van der Waals surface area contributed by atoms with E-state index in [2.05, 4.69) is 56.7 Å². The Morgan fingerprint density at radius 3 is 2.40 bits per heavy atom. The lowest BCUT2D eigenvalue weighted by molar-refractivity contribution is 0.261. The van der Waals surface area contributed by atoms with E-state index in [-0.39, 0.29) is 16.5 Å². The molecule has 1 aromatic carbocycles. The maximum Gasteiger partial charge on any atom is 0.253 e. The molecule has 5 heteroatoms. The fraction of sp³-hybridized carbons (Fsp3) is 0.500. The summed E-state index contributed by atoms with van der Waals surface area (Å²) in [5, 5.41) is 5.07. The Balaban J connectivity index is 2.34. The van der Waals surface area contributed by atoms with Crippen molar-refractivity contribution in [2.45, 2.75) is 53.6 Å². The average molecular weight is 360 g/mol. The van der Waals surface area contributed by atoms with E-state index in [4.69, 9.17) is 12.2 Å². The lowest BCUT2D eigenvalue weighted by Gasteiger charge is -2.35. The molecule has 1 heterocycles. The van der Waals surface area contributed by atoms with Gasteiger partial charge in [-0.2, -0.15) is 0 Å². The number of para-hydroxylation sites is 1. The summed E-state index contributed by atoms with van der Waals surface area (Å²) in [7, 11) is 0. The van der Waals surface area contributed by atoms with Crippen LogP contribution in [-0.2, 0) is 6.54 Å². The Kier molecular flexibility index (Phi) is 5.57. The topological polar surface area (TPSA) is 48.1 Å². The van der Waals surface area contributed by atoms with Crippen molar-refractivity contribution in [3.63, 3.8) is 0 Å². The molecule has 0 aliphatic heterocycles. The van der Waals surface area contributed by atoms with Crippen LogP contribution in [0.4, 0.5) is 0 Å². The number of nitrogens with zero attached hydrogens (tertiary/aromatic N) is 1. The van der Waals surface area contributed by atoms with Crippen molar-refractivity contribution >= 4 is 28.2 Å². The molecule has 2 N–H and O–H groups in total. The predicted octanol–water partition coefficient (Wildman–Crippen LogP) is 4.05. The van der Waals surface area contributed by atoms with Gasteiger partial charge in [-0.15, -0.1) is 0 Å². The van der Waals surface area contributed by atoms with E-state index in [1.165, 1.54) is 0 Å². The highest BCUT2D eigenvalue weighted by Gasteiger charge is 2.22. The fourth-order valence-corrected chi connectivity index (χ4v) is 3.12. The third-order valence-electron chi connectivity index (χ3n) is 3.63. The first-order valence-corrected chi connectivity index (χ1v) is 9.03. The standard InChI is InChI=1S/C20H29N3OS/c1-19(2,3)13-23(18(25)22-20(4,5)6)12-15-11-14-9-7-8-10-16(14)21-17(15)24/h7-11H,12-13H2,1-6H3,(H,21,24)(H,22,25). The molecule has 0 saturated heterocycles. The SMILES string of the molecule is CC(C)(C)CN(Cc1cc2ccccc2[nH]c1=O)C(=S)NC(C)(C)C. The van der Waals surface area contributed by atoms with Crippen molar-refractivity contribution in [1.82, 2.24) is 15.2 Å². The van der Waals surface area contributed by atoms with Crippen LogP contribution >= 0.6 is 12.2 Å². The largest absolute Gasteiger partial charge is 0.358 e. The zero-order valence-electron chi connectivity index (χ0n) is 16.1. The summed E-state index contributed by atoms with van der Waals surface area (Å²) >= 11 is 5.63. The van der Waals surface area contributed by atoms with Gasteiger partial charge in [-0.25, -0.2) is 0 Å².